The first-order valence-corrected chi connectivity index (χ1v) is 8.40. The van der Waals surface area contributed by atoms with E-state index in [9.17, 15) is 8.78 Å². The zero-order valence-corrected chi connectivity index (χ0v) is 14.1. The van der Waals surface area contributed by atoms with Crippen molar-refractivity contribution < 1.29 is 8.78 Å². The van der Waals surface area contributed by atoms with Crippen molar-refractivity contribution in [3.8, 4) is 5.69 Å². The maximum Gasteiger partial charge on any atom is 0.250 e. The van der Waals surface area contributed by atoms with Crippen molar-refractivity contribution >= 4 is 17.4 Å². The largest absolute Gasteiger partial charge is 0.341 e. The third kappa shape index (κ3) is 2.27. The summed E-state index contributed by atoms with van der Waals surface area (Å²) in [6, 6.07) is -0.469. The van der Waals surface area contributed by atoms with Gasteiger partial charge in [0, 0.05) is 18.9 Å². The molecule has 2 aromatic rings. The van der Waals surface area contributed by atoms with Crippen LogP contribution in [0.4, 0.5) is 14.6 Å². The van der Waals surface area contributed by atoms with E-state index in [-0.39, 0.29) is 30.2 Å². The molecule has 3 heterocycles. The van der Waals surface area contributed by atoms with Gasteiger partial charge in [0.15, 0.2) is 11.6 Å². The molecule has 0 bridgehead atoms. The topological polar surface area (TPSA) is 59.7 Å². The van der Waals surface area contributed by atoms with Crippen molar-refractivity contribution in [2.75, 3.05) is 4.90 Å². The number of anilines is 1. The van der Waals surface area contributed by atoms with Gasteiger partial charge in [0.1, 0.15) is 11.5 Å². The summed E-state index contributed by atoms with van der Waals surface area (Å²) in [5.74, 6) is -0.600. The Kier molecular flexibility index (Phi) is 3.49. The van der Waals surface area contributed by atoms with Crippen LogP contribution in [0.2, 0.25) is 5.28 Å². The second-order valence-electron chi connectivity index (χ2n) is 6.37. The van der Waals surface area contributed by atoms with Gasteiger partial charge >= 0.3 is 0 Å². The Morgan fingerprint density at radius 1 is 1.38 bits per heavy atom. The summed E-state index contributed by atoms with van der Waals surface area (Å²) in [4.78, 5) is 10.4. The minimum Gasteiger partial charge on any atom is -0.341 e. The van der Waals surface area contributed by atoms with Crippen LogP contribution >= 0.6 is 11.6 Å². The number of halogens is 3. The van der Waals surface area contributed by atoms with Gasteiger partial charge in [-0.2, -0.15) is 4.98 Å². The molecule has 1 fully saturated rings. The summed E-state index contributed by atoms with van der Waals surface area (Å²) in [5, 5.41) is 8.54. The highest BCUT2D eigenvalue weighted by atomic mass is 35.5. The summed E-state index contributed by atoms with van der Waals surface area (Å²) in [6.45, 7) is 3.86. The number of alkyl halides is 2. The van der Waals surface area contributed by atoms with E-state index in [4.69, 9.17) is 11.6 Å². The van der Waals surface area contributed by atoms with E-state index in [0.29, 0.717) is 30.2 Å². The molecule has 1 aliphatic heterocycles. The summed E-state index contributed by atoms with van der Waals surface area (Å²) >= 11 is 6.00. The molecule has 2 atom stereocenters. The Morgan fingerprint density at radius 3 is 2.83 bits per heavy atom. The maximum absolute atomic E-state index is 13.8. The lowest BCUT2D eigenvalue weighted by Gasteiger charge is -2.40. The first-order chi connectivity index (χ1) is 11.4. The number of hydrogen-bond donors (Lipinski definition) is 0. The molecular weight excluding hydrogens is 338 g/mol. The zero-order valence-electron chi connectivity index (χ0n) is 13.4. The van der Waals surface area contributed by atoms with Crippen LogP contribution in [-0.4, -0.2) is 36.7 Å². The van der Waals surface area contributed by atoms with E-state index in [1.807, 2.05) is 23.3 Å². The molecule has 1 aliphatic carbocycles. The molecule has 2 aromatic heterocycles. The van der Waals surface area contributed by atoms with Crippen LogP contribution in [0.25, 0.3) is 5.69 Å². The fourth-order valence-corrected chi connectivity index (χ4v) is 3.96. The Morgan fingerprint density at radius 2 is 2.17 bits per heavy atom. The molecule has 9 heteroatoms. The average molecular weight is 355 g/mol. The molecule has 0 radical (unpaired) electrons. The molecule has 0 spiro atoms. The van der Waals surface area contributed by atoms with Gasteiger partial charge in [-0.05, 0) is 31.4 Å². The smallest absolute Gasteiger partial charge is 0.250 e. The lowest BCUT2D eigenvalue weighted by Crippen LogP contribution is -2.42. The Labute approximate surface area is 142 Å². The van der Waals surface area contributed by atoms with Crippen LogP contribution in [-0.2, 0) is 0 Å². The number of fused-ring (bicyclic) bond motifs is 3. The van der Waals surface area contributed by atoms with Gasteiger partial charge in [0.2, 0.25) is 11.2 Å². The van der Waals surface area contributed by atoms with Gasteiger partial charge in [-0.1, -0.05) is 6.92 Å². The predicted octanol–water partition coefficient (Wildman–Crippen LogP) is 3.48. The number of aromatic nitrogens is 5. The van der Waals surface area contributed by atoms with Gasteiger partial charge in [-0.25, -0.2) is 13.8 Å². The maximum atomic E-state index is 13.8. The van der Waals surface area contributed by atoms with Crippen LogP contribution in [0.1, 0.15) is 50.3 Å². The monoisotopic (exact) mass is 354 g/mol. The molecule has 128 valence electrons. The number of aryl methyl sites for hydroxylation is 1. The molecule has 0 aromatic carbocycles. The van der Waals surface area contributed by atoms with Crippen molar-refractivity contribution in [3.63, 3.8) is 0 Å². The van der Waals surface area contributed by atoms with Gasteiger partial charge in [0.05, 0.1) is 12.2 Å². The molecule has 6 nitrogen and oxygen atoms in total. The second-order valence-corrected chi connectivity index (χ2v) is 6.71. The highest BCUT2D eigenvalue weighted by Crippen LogP contribution is 2.46. The molecule has 2 unspecified atom stereocenters. The second kappa shape index (κ2) is 5.34. The predicted molar refractivity (Wildman–Crippen MR) is 84.8 cm³/mol. The Balaban J connectivity index is 1.89. The molecule has 0 saturated heterocycles. The normalized spacial score (nSPS) is 24.8. The highest BCUT2D eigenvalue weighted by molar-refractivity contribution is 6.28. The molecule has 0 amide bonds. The fourth-order valence-electron chi connectivity index (χ4n) is 3.83. The van der Waals surface area contributed by atoms with Crippen molar-refractivity contribution in [1.29, 1.82) is 0 Å². The quantitative estimate of drug-likeness (QED) is 0.773. The summed E-state index contributed by atoms with van der Waals surface area (Å²) in [5.41, 5.74) is 0.691. The number of rotatable bonds is 2. The molecule has 24 heavy (non-hydrogen) atoms. The van der Waals surface area contributed by atoms with E-state index in [0.717, 1.165) is 5.82 Å². The first kappa shape index (κ1) is 15.7. The Hall–Kier alpha value is -1.83. The van der Waals surface area contributed by atoms with Crippen LogP contribution < -0.4 is 4.90 Å². The Bertz CT molecular complexity index is 792. The summed E-state index contributed by atoms with van der Waals surface area (Å²) in [6.07, 6.45) is 2.44. The van der Waals surface area contributed by atoms with Crippen molar-refractivity contribution in [2.24, 2.45) is 0 Å². The standard InChI is InChI=1S/C15H17ClF2N6/c1-3-10-13-22-21-8(2)23(13)11-7-19-14(16)20-12(11)24(10)9-4-5-15(17,18)6-9/h7,9-10H,3-6H2,1-2H3. The number of hydrogen-bond acceptors (Lipinski definition) is 5. The summed E-state index contributed by atoms with van der Waals surface area (Å²) in [7, 11) is 0. The molecule has 1 saturated carbocycles. The van der Waals surface area contributed by atoms with E-state index >= 15 is 0 Å². The third-order valence-corrected chi connectivity index (χ3v) is 5.03. The zero-order chi connectivity index (χ0) is 17.1. The van der Waals surface area contributed by atoms with E-state index in [2.05, 4.69) is 20.2 Å². The van der Waals surface area contributed by atoms with E-state index in [1.54, 1.807) is 6.20 Å². The SMILES string of the molecule is CCC1c2nnc(C)n2-c2cnc(Cl)nc2N1C1CCC(F)(F)C1. The molecule has 0 N–H and O–H groups in total. The lowest BCUT2D eigenvalue weighted by molar-refractivity contribution is 0.00746. The van der Waals surface area contributed by atoms with Gasteiger partial charge in [0.25, 0.3) is 0 Å². The van der Waals surface area contributed by atoms with E-state index < -0.39 is 5.92 Å². The van der Waals surface area contributed by atoms with Gasteiger partial charge in [-0.3, -0.25) is 4.57 Å². The molecule has 2 aliphatic rings. The molecular formula is C15H17ClF2N6. The van der Waals surface area contributed by atoms with Gasteiger partial charge in [-0.15, -0.1) is 10.2 Å². The minimum absolute atomic E-state index is 0.104. The van der Waals surface area contributed by atoms with Crippen LogP contribution in [0.5, 0.6) is 0 Å². The third-order valence-electron chi connectivity index (χ3n) is 4.85. The average Bonchev–Trinajstić information content (AvgIpc) is 3.08. The minimum atomic E-state index is -2.64. The fraction of sp³-hybridized carbons (Fsp3) is 0.600. The van der Waals surface area contributed by atoms with Crippen LogP contribution in [0, 0.1) is 6.92 Å². The first-order valence-electron chi connectivity index (χ1n) is 8.02. The van der Waals surface area contributed by atoms with Crippen molar-refractivity contribution in [3.05, 3.63) is 23.1 Å². The number of nitrogens with zero attached hydrogens (tertiary/aromatic N) is 6. The summed E-state index contributed by atoms with van der Waals surface area (Å²) < 4.78 is 29.5. The van der Waals surface area contributed by atoms with Gasteiger partial charge < -0.3 is 4.90 Å². The lowest BCUT2D eigenvalue weighted by atomic mass is 10.0. The van der Waals surface area contributed by atoms with Crippen LogP contribution in [0.15, 0.2) is 6.20 Å². The van der Waals surface area contributed by atoms with Crippen LogP contribution in [0.3, 0.4) is 0 Å². The van der Waals surface area contributed by atoms with E-state index in [1.165, 1.54) is 0 Å². The highest BCUT2D eigenvalue weighted by Gasteiger charge is 2.46. The molecule has 4 rings (SSSR count). The van der Waals surface area contributed by atoms with Crippen molar-refractivity contribution in [2.45, 2.75) is 57.5 Å². The van der Waals surface area contributed by atoms with Crippen molar-refractivity contribution in [1.82, 2.24) is 24.7 Å².